The number of imidazole rings is 1. The molecule has 7 heteroatoms. The zero-order valence-electron chi connectivity index (χ0n) is 15.1. The summed E-state index contributed by atoms with van der Waals surface area (Å²) >= 11 is 0. The molecule has 1 unspecified atom stereocenters. The minimum Gasteiger partial charge on any atom is -0.390 e. The van der Waals surface area contributed by atoms with Gasteiger partial charge in [0.2, 0.25) is 6.35 Å². The first-order valence-corrected chi connectivity index (χ1v) is 9.35. The summed E-state index contributed by atoms with van der Waals surface area (Å²) in [7, 11) is 1.78. The largest absolute Gasteiger partial charge is 0.390 e. The third kappa shape index (κ3) is 3.15. The molecule has 4 rings (SSSR count). The van der Waals surface area contributed by atoms with Crippen molar-refractivity contribution in [2.45, 2.75) is 63.9 Å². The number of rotatable bonds is 4. The van der Waals surface area contributed by atoms with Crippen molar-refractivity contribution in [3.05, 3.63) is 12.0 Å². The average molecular weight is 348 g/mol. The van der Waals surface area contributed by atoms with Crippen LogP contribution in [0.15, 0.2) is 6.33 Å². The van der Waals surface area contributed by atoms with Gasteiger partial charge < -0.3 is 19.7 Å². The molecule has 1 aromatic heterocycles. The van der Waals surface area contributed by atoms with Gasteiger partial charge in [-0.3, -0.25) is 9.69 Å². The first kappa shape index (κ1) is 16.8. The van der Waals surface area contributed by atoms with Crippen molar-refractivity contribution in [1.82, 2.24) is 14.5 Å². The molecule has 2 heterocycles. The molecule has 2 N–H and O–H groups in total. The first-order chi connectivity index (χ1) is 11.9. The van der Waals surface area contributed by atoms with Gasteiger partial charge in [-0.15, -0.1) is 0 Å². The van der Waals surface area contributed by atoms with Crippen LogP contribution in [0.25, 0.3) is 0 Å². The van der Waals surface area contributed by atoms with E-state index in [2.05, 4.69) is 4.98 Å². The summed E-state index contributed by atoms with van der Waals surface area (Å²) in [5, 5.41) is 20.7. The summed E-state index contributed by atoms with van der Waals surface area (Å²) < 4.78 is 1.95. The second kappa shape index (κ2) is 5.99. The van der Waals surface area contributed by atoms with Crippen LogP contribution in [0.4, 0.5) is 5.82 Å². The van der Waals surface area contributed by atoms with Crippen LogP contribution in [0.5, 0.6) is 0 Å². The van der Waals surface area contributed by atoms with Gasteiger partial charge in [-0.1, -0.05) is 0 Å². The molecule has 2 aliphatic carbocycles. The van der Waals surface area contributed by atoms with E-state index in [9.17, 15) is 15.0 Å². The Morgan fingerprint density at radius 1 is 1.20 bits per heavy atom. The molecule has 1 atom stereocenters. The Kier molecular flexibility index (Phi) is 4.03. The zero-order chi connectivity index (χ0) is 17.8. The summed E-state index contributed by atoms with van der Waals surface area (Å²) in [5.74, 6) is 1.41. The van der Waals surface area contributed by atoms with E-state index < -0.39 is 12.0 Å². The molecule has 2 saturated carbocycles. The fraction of sp³-hybridized carbons (Fsp3) is 0.778. The van der Waals surface area contributed by atoms with Crippen molar-refractivity contribution in [3.63, 3.8) is 0 Å². The Balaban J connectivity index is 1.53. The van der Waals surface area contributed by atoms with E-state index in [0.717, 1.165) is 32.2 Å². The van der Waals surface area contributed by atoms with E-state index in [1.54, 1.807) is 23.2 Å². The van der Waals surface area contributed by atoms with Crippen LogP contribution in [0.1, 0.15) is 55.9 Å². The lowest BCUT2D eigenvalue weighted by atomic mass is 9.80. The molecular formula is C18H28N4O3. The fourth-order valence-corrected chi connectivity index (χ4v) is 4.06. The summed E-state index contributed by atoms with van der Waals surface area (Å²) in [6, 6.07) is 0. The van der Waals surface area contributed by atoms with Gasteiger partial charge in [0, 0.05) is 20.1 Å². The highest BCUT2D eigenvalue weighted by Crippen LogP contribution is 2.36. The molecule has 0 bridgehead atoms. The molecule has 3 aliphatic rings. The Bertz CT molecular complexity index is 657. The number of hydrogen-bond donors (Lipinski definition) is 2. The highest BCUT2D eigenvalue weighted by Gasteiger charge is 2.41. The van der Waals surface area contributed by atoms with Gasteiger partial charge in [0.1, 0.15) is 0 Å². The first-order valence-electron chi connectivity index (χ1n) is 9.35. The topological polar surface area (TPSA) is 81.8 Å². The van der Waals surface area contributed by atoms with Crippen LogP contribution in [0.2, 0.25) is 0 Å². The van der Waals surface area contributed by atoms with E-state index in [0.29, 0.717) is 29.9 Å². The molecule has 1 aromatic rings. The number of fused-ring (bicyclic) bond motifs is 1. The fourth-order valence-electron chi connectivity index (χ4n) is 4.06. The molecule has 1 amide bonds. The molecule has 138 valence electrons. The van der Waals surface area contributed by atoms with Gasteiger partial charge >= 0.3 is 0 Å². The third-order valence-electron chi connectivity index (χ3n) is 6.03. The maximum absolute atomic E-state index is 13.1. The zero-order valence-corrected chi connectivity index (χ0v) is 15.1. The number of carbonyl (C=O) groups excluding carboxylic acids is 1. The Morgan fingerprint density at radius 3 is 2.48 bits per heavy atom. The minimum absolute atomic E-state index is 0.129. The summed E-state index contributed by atoms with van der Waals surface area (Å²) in [6.45, 7) is 3.23. The highest BCUT2D eigenvalue weighted by atomic mass is 16.3. The number of aromatic nitrogens is 2. The van der Waals surface area contributed by atoms with Crippen molar-refractivity contribution in [3.8, 4) is 0 Å². The molecule has 25 heavy (non-hydrogen) atoms. The molecule has 0 aromatic carbocycles. The number of aliphatic hydroxyl groups is 2. The highest BCUT2D eigenvalue weighted by molar-refractivity contribution is 5.99. The predicted octanol–water partition coefficient (Wildman–Crippen LogP) is 1.40. The minimum atomic E-state index is -0.980. The van der Waals surface area contributed by atoms with Gasteiger partial charge in [-0.25, -0.2) is 4.98 Å². The Hall–Kier alpha value is -1.60. The number of hydrogen-bond acceptors (Lipinski definition) is 5. The molecule has 2 fully saturated rings. The number of carbonyl (C=O) groups is 1. The third-order valence-corrected chi connectivity index (χ3v) is 6.03. The van der Waals surface area contributed by atoms with E-state index in [-0.39, 0.29) is 5.91 Å². The van der Waals surface area contributed by atoms with E-state index in [1.165, 1.54) is 12.8 Å². The average Bonchev–Trinajstić information content (AvgIpc) is 3.28. The van der Waals surface area contributed by atoms with Crippen LogP contribution < -0.4 is 4.90 Å². The molecular weight excluding hydrogens is 320 g/mol. The normalized spacial score (nSPS) is 32.9. The smallest absolute Gasteiger partial charge is 0.277 e. The maximum atomic E-state index is 13.1. The maximum Gasteiger partial charge on any atom is 0.277 e. The second-order valence-electron chi connectivity index (χ2n) is 8.37. The van der Waals surface area contributed by atoms with Crippen molar-refractivity contribution >= 4 is 11.7 Å². The summed E-state index contributed by atoms with van der Waals surface area (Å²) in [6.07, 6.45) is 6.42. The van der Waals surface area contributed by atoms with E-state index in [1.807, 2.05) is 11.5 Å². The summed E-state index contributed by atoms with van der Waals surface area (Å²) in [5.41, 5.74) is 0.0101. The lowest BCUT2D eigenvalue weighted by Crippen LogP contribution is -2.56. The van der Waals surface area contributed by atoms with Crippen molar-refractivity contribution < 1.29 is 15.0 Å². The van der Waals surface area contributed by atoms with Gasteiger partial charge in [0.05, 0.1) is 11.9 Å². The van der Waals surface area contributed by atoms with Crippen LogP contribution in [0.3, 0.4) is 0 Å². The van der Waals surface area contributed by atoms with Crippen molar-refractivity contribution in [2.24, 2.45) is 11.8 Å². The van der Waals surface area contributed by atoms with Crippen molar-refractivity contribution in [1.29, 1.82) is 0 Å². The van der Waals surface area contributed by atoms with Gasteiger partial charge in [0.15, 0.2) is 11.5 Å². The Morgan fingerprint density at radius 2 is 1.84 bits per heavy atom. The Labute approximate surface area is 148 Å². The molecule has 0 spiro atoms. The van der Waals surface area contributed by atoms with E-state index >= 15 is 0 Å². The predicted molar refractivity (Wildman–Crippen MR) is 93.0 cm³/mol. The molecule has 0 radical (unpaired) electrons. The van der Waals surface area contributed by atoms with Crippen LogP contribution >= 0.6 is 0 Å². The van der Waals surface area contributed by atoms with Gasteiger partial charge in [0.25, 0.3) is 5.91 Å². The lowest BCUT2D eigenvalue weighted by molar-refractivity contribution is -0.0232. The molecule has 1 aliphatic heterocycles. The monoisotopic (exact) mass is 348 g/mol. The quantitative estimate of drug-likeness (QED) is 0.860. The standard InChI is InChI=1S/C18H28N4O3/c1-18(25)7-5-13(6-8-18)10-22-16(23)14-15(20(2)17(22)24)19-11-21(14)9-12-3-4-12/h11-13,17,24-25H,3-10H2,1-2H3. The number of nitrogens with zero attached hydrogens (tertiary/aromatic N) is 4. The number of aliphatic hydroxyl groups excluding tert-OH is 1. The number of amides is 1. The van der Waals surface area contributed by atoms with Crippen LogP contribution in [-0.4, -0.2) is 56.1 Å². The molecule has 0 saturated heterocycles. The lowest BCUT2D eigenvalue weighted by Gasteiger charge is -2.42. The molecule has 7 nitrogen and oxygen atoms in total. The van der Waals surface area contributed by atoms with Crippen LogP contribution in [-0.2, 0) is 6.54 Å². The van der Waals surface area contributed by atoms with E-state index in [4.69, 9.17) is 0 Å². The number of anilines is 1. The van der Waals surface area contributed by atoms with Gasteiger partial charge in [-0.2, -0.15) is 0 Å². The second-order valence-corrected chi connectivity index (χ2v) is 8.37. The van der Waals surface area contributed by atoms with Crippen molar-refractivity contribution in [2.75, 3.05) is 18.5 Å². The summed E-state index contributed by atoms with van der Waals surface area (Å²) in [4.78, 5) is 20.7. The SMILES string of the molecule is CN1c2ncn(CC3CC3)c2C(=O)N(CC2CCC(C)(O)CC2)C1O. The van der Waals surface area contributed by atoms with Crippen LogP contribution in [0, 0.1) is 11.8 Å². The van der Waals surface area contributed by atoms with Gasteiger partial charge in [-0.05, 0) is 57.3 Å².